The molecular weight excluding hydrogens is 466 g/mol. The van der Waals surface area contributed by atoms with Gasteiger partial charge in [-0.2, -0.15) is 0 Å². The minimum Gasteiger partial charge on any atom is -0.493 e. The third-order valence-electron chi connectivity index (χ3n) is 5.07. The number of carbonyl (C=O) groups is 1. The molecule has 3 rings (SSSR count). The summed E-state index contributed by atoms with van der Waals surface area (Å²) in [5, 5.41) is 0. The smallest absolute Gasteiger partial charge is 0.260 e. The molecule has 1 heterocycles. The molecule has 2 aromatic carbocycles. The van der Waals surface area contributed by atoms with Crippen LogP contribution >= 0.6 is 15.9 Å². The van der Waals surface area contributed by atoms with Crippen LogP contribution in [0.25, 0.3) is 0 Å². The van der Waals surface area contributed by atoms with Gasteiger partial charge < -0.3 is 28.6 Å². The molecule has 1 aliphatic rings. The lowest BCUT2D eigenvalue weighted by Gasteiger charge is -2.26. The van der Waals surface area contributed by atoms with Crippen LogP contribution in [0.3, 0.4) is 0 Å². The number of methoxy groups -OCH3 is 3. The lowest BCUT2D eigenvalue weighted by atomic mass is 10.1. The van der Waals surface area contributed by atoms with Crippen molar-refractivity contribution >= 4 is 21.8 Å². The van der Waals surface area contributed by atoms with Crippen LogP contribution < -0.4 is 18.9 Å². The summed E-state index contributed by atoms with van der Waals surface area (Å²) in [4.78, 5) is 14.8. The number of nitrogens with zero attached hydrogens (tertiary/aromatic N) is 1. The molecule has 0 unspecified atom stereocenters. The van der Waals surface area contributed by atoms with Crippen LogP contribution in [-0.2, 0) is 16.1 Å². The van der Waals surface area contributed by atoms with Crippen LogP contribution in [0.2, 0.25) is 0 Å². The van der Waals surface area contributed by atoms with Crippen molar-refractivity contribution < 1.29 is 28.5 Å². The molecule has 1 atom stereocenters. The molecule has 0 radical (unpaired) electrons. The van der Waals surface area contributed by atoms with E-state index in [4.69, 9.17) is 23.7 Å². The molecule has 0 bridgehead atoms. The highest BCUT2D eigenvalue weighted by molar-refractivity contribution is 9.10. The predicted molar refractivity (Wildman–Crippen MR) is 120 cm³/mol. The molecule has 1 fully saturated rings. The van der Waals surface area contributed by atoms with E-state index in [1.807, 2.05) is 36.4 Å². The van der Waals surface area contributed by atoms with Gasteiger partial charge in [-0.25, -0.2) is 0 Å². The predicted octanol–water partition coefficient (Wildman–Crippen LogP) is 4.06. The first kappa shape index (κ1) is 23.2. The minimum atomic E-state index is -0.118. The summed E-state index contributed by atoms with van der Waals surface area (Å²) in [6.07, 6.45) is 1.97. The lowest BCUT2D eigenvalue weighted by molar-refractivity contribution is -0.135. The highest BCUT2D eigenvalue weighted by Crippen LogP contribution is 2.38. The molecule has 1 saturated heterocycles. The topological polar surface area (TPSA) is 66.5 Å². The molecule has 168 valence electrons. The van der Waals surface area contributed by atoms with Crippen LogP contribution in [0.1, 0.15) is 18.4 Å². The number of benzene rings is 2. The first-order chi connectivity index (χ1) is 15.0. The Morgan fingerprint density at radius 3 is 2.32 bits per heavy atom. The number of carbonyl (C=O) groups excluding carboxylic acids is 1. The van der Waals surface area contributed by atoms with E-state index in [9.17, 15) is 4.79 Å². The molecule has 1 aliphatic heterocycles. The maximum absolute atomic E-state index is 13.1. The van der Waals surface area contributed by atoms with Gasteiger partial charge in [0.05, 0.1) is 27.4 Å². The van der Waals surface area contributed by atoms with Crippen molar-refractivity contribution in [2.45, 2.75) is 25.5 Å². The number of halogens is 1. The molecule has 31 heavy (non-hydrogen) atoms. The highest BCUT2D eigenvalue weighted by Gasteiger charge is 2.24. The van der Waals surface area contributed by atoms with Crippen LogP contribution in [0.15, 0.2) is 40.9 Å². The van der Waals surface area contributed by atoms with Gasteiger partial charge >= 0.3 is 0 Å². The van der Waals surface area contributed by atoms with Gasteiger partial charge in [-0.3, -0.25) is 4.79 Å². The molecule has 0 aromatic heterocycles. The molecule has 0 saturated carbocycles. The zero-order valence-corrected chi connectivity index (χ0v) is 19.6. The Kier molecular flexibility index (Phi) is 8.43. The van der Waals surface area contributed by atoms with Gasteiger partial charge in [0.1, 0.15) is 5.75 Å². The van der Waals surface area contributed by atoms with Crippen molar-refractivity contribution in [1.29, 1.82) is 0 Å². The van der Waals surface area contributed by atoms with Crippen LogP contribution in [-0.4, -0.2) is 58.0 Å². The van der Waals surface area contributed by atoms with E-state index in [1.54, 1.807) is 26.2 Å². The first-order valence-electron chi connectivity index (χ1n) is 10.1. The van der Waals surface area contributed by atoms with E-state index in [0.717, 1.165) is 29.5 Å². The largest absolute Gasteiger partial charge is 0.493 e. The Balaban J connectivity index is 1.76. The van der Waals surface area contributed by atoms with Gasteiger partial charge in [-0.15, -0.1) is 0 Å². The Morgan fingerprint density at radius 2 is 1.77 bits per heavy atom. The van der Waals surface area contributed by atoms with Crippen molar-refractivity contribution in [1.82, 2.24) is 4.90 Å². The minimum absolute atomic E-state index is 0.0265. The SMILES string of the molecule is COc1cc(CN(C[C@@H]2CCCO2)C(=O)COc2ccc(Br)cc2)cc(OC)c1OC. The second-order valence-electron chi connectivity index (χ2n) is 7.19. The number of rotatable bonds is 10. The van der Waals surface area contributed by atoms with Gasteiger partial charge in [-0.05, 0) is 54.8 Å². The lowest BCUT2D eigenvalue weighted by Crippen LogP contribution is -2.39. The normalized spacial score (nSPS) is 15.4. The Hall–Kier alpha value is -2.45. The summed E-state index contributed by atoms with van der Waals surface area (Å²) in [5.41, 5.74) is 0.865. The molecule has 7 nitrogen and oxygen atoms in total. The zero-order valence-electron chi connectivity index (χ0n) is 18.1. The van der Waals surface area contributed by atoms with Crippen molar-refractivity contribution in [2.24, 2.45) is 0 Å². The van der Waals surface area contributed by atoms with E-state index < -0.39 is 0 Å². The zero-order chi connectivity index (χ0) is 22.2. The summed E-state index contributed by atoms with van der Waals surface area (Å²) in [6, 6.07) is 11.1. The quantitative estimate of drug-likeness (QED) is 0.497. The van der Waals surface area contributed by atoms with E-state index >= 15 is 0 Å². The second-order valence-corrected chi connectivity index (χ2v) is 8.10. The van der Waals surface area contributed by atoms with E-state index in [0.29, 0.717) is 36.1 Å². The summed E-state index contributed by atoms with van der Waals surface area (Å²) >= 11 is 3.39. The van der Waals surface area contributed by atoms with Crippen molar-refractivity contribution in [2.75, 3.05) is 41.1 Å². The Labute approximate surface area is 191 Å². The molecule has 1 amide bonds. The highest BCUT2D eigenvalue weighted by atomic mass is 79.9. The van der Waals surface area contributed by atoms with Gasteiger partial charge in [-0.1, -0.05) is 15.9 Å². The van der Waals surface area contributed by atoms with Crippen LogP contribution in [0.5, 0.6) is 23.0 Å². The Bertz CT molecular complexity index is 842. The maximum atomic E-state index is 13.1. The van der Waals surface area contributed by atoms with E-state index in [1.165, 1.54) is 0 Å². The number of hydrogen-bond donors (Lipinski definition) is 0. The molecule has 0 N–H and O–H groups in total. The fourth-order valence-corrected chi connectivity index (χ4v) is 3.77. The summed E-state index contributed by atoms with van der Waals surface area (Å²) < 4.78 is 28.7. The van der Waals surface area contributed by atoms with Crippen LogP contribution in [0, 0.1) is 0 Å². The van der Waals surface area contributed by atoms with Crippen molar-refractivity contribution in [3.63, 3.8) is 0 Å². The first-order valence-corrected chi connectivity index (χ1v) is 10.9. The monoisotopic (exact) mass is 493 g/mol. The summed E-state index contributed by atoms with van der Waals surface area (Å²) in [7, 11) is 4.71. The number of ether oxygens (including phenoxy) is 5. The molecule has 0 aliphatic carbocycles. The summed E-state index contributed by atoms with van der Waals surface area (Å²) in [6.45, 7) is 1.54. The third kappa shape index (κ3) is 6.27. The third-order valence-corrected chi connectivity index (χ3v) is 5.60. The maximum Gasteiger partial charge on any atom is 0.260 e. The van der Waals surface area contributed by atoms with Gasteiger partial charge in [0.15, 0.2) is 18.1 Å². The van der Waals surface area contributed by atoms with E-state index in [2.05, 4.69) is 15.9 Å². The Morgan fingerprint density at radius 1 is 1.10 bits per heavy atom. The standard InChI is InChI=1S/C23H28BrNO6/c1-27-20-11-16(12-21(28-2)23(20)29-3)13-25(14-19-5-4-10-30-19)22(26)15-31-18-8-6-17(24)7-9-18/h6-9,11-12,19H,4-5,10,13-15H2,1-3H3/t19-/m0/s1. The molecule has 8 heteroatoms. The number of amides is 1. The number of hydrogen-bond acceptors (Lipinski definition) is 6. The fourth-order valence-electron chi connectivity index (χ4n) is 3.50. The summed E-state index contributed by atoms with van der Waals surface area (Å²) in [5.74, 6) is 2.14. The van der Waals surface area contributed by atoms with Crippen molar-refractivity contribution in [3.8, 4) is 23.0 Å². The average molecular weight is 494 g/mol. The van der Waals surface area contributed by atoms with Gasteiger partial charge in [0, 0.05) is 24.2 Å². The second kappa shape index (κ2) is 11.2. The van der Waals surface area contributed by atoms with Crippen LogP contribution in [0.4, 0.5) is 0 Å². The molecule has 0 spiro atoms. The van der Waals surface area contributed by atoms with Gasteiger partial charge in [0.25, 0.3) is 5.91 Å². The fraction of sp³-hybridized carbons (Fsp3) is 0.435. The molecule has 2 aromatic rings. The average Bonchev–Trinajstić information content (AvgIpc) is 3.30. The van der Waals surface area contributed by atoms with Crippen molar-refractivity contribution in [3.05, 3.63) is 46.4 Å². The van der Waals surface area contributed by atoms with Gasteiger partial charge in [0.2, 0.25) is 5.75 Å². The van der Waals surface area contributed by atoms with E-state index in [-0.39, 0.29) is 18.6 Å². The molecular formula is C23H28BrNO6.